The summed E-state index contributed by atoms with van der Waals surface area (Å²) in [4.78, 5) is 28.7. The molecule has 6 nitrogen and oxygen atoms in total. The molecule has 25 heavy (non-hydrogen) atoms. The van der Waals surface area contributed by atoms with E-state index in [4.69, 9.17) is 27.9 Å². The summed E-state index contributed by atoms with van der Waals surface area (Å²) in [5.74, 6) is -1.13. The fourth-order valence-electron chi connectivity index (χ4n) is 3.16. The topological polar surface area (TPSA) is 61.9 Å². The van der Waals surface area contributed by atoms with Gasteiger partial charge in [-0.2, -0.15) is 0 Å². The number of nitrogens with zero attached hydrogens (tertiary/aromatic N) is 2. The van der Waals surface area contributed by atoms with Crippen molar-refractivity contribution in [3.05, 3.63) is 28.2 Å². The minimum atomic E-state index is -0.671. The number of carbonyl (C=O) groups excluding carboxylic acids is 2. The average molecular weight is 386 g/mol. The molecular formula is C17H21Cl2N3O3. The number of rotatable bonds is 4. The van der Waals surface area contributed by atoms with Crippen LogP contribution in [0.15, 0.2) is 18.2 Å². The first kappa shape index (κ1) is 18.5. The molecule has 8 heteroatoms. The number of anilines is 1. The van der Waals surface area contributed by atoms with Crippen molar-refractivity contribution in [2.75, 3.05) is 44.7 Å². The van der Waals surface area contributed by atoms with Gasteiger partial charge in [0.05, 0.1) is 22.8 Å². The van der Waals surface area contributed by atoms with Crippen molar-refractivity contribution >= 4 is 40.7 Å². The SMILES string of the molecule is CN1CCOC(CNC(=O)C2CCN(c3ccc(Cl)c(Cl)c3)C2=O)C1. The van der Waals surface area contributed by atoms with Crippen molar-refractivity contribution in [2.45, 2.75) is 12.5 Å². The van der Waals surface area contributed by atoms with Crippen molar-refractivity contribution < 1.29 is 14.3 Å². The molecule has 136 valence electrons. The number of likely N-dealkylation sites (N-methyl/N-ethyl adjacent to an activating group) is 1. The third-order valence-corrected chi connectivity index (χ3v) is 5.32. The Morgan fingerprint density at radius 2 is 2.12 bits per heavy atom. The molecule has 0 spiro atoms. The first-order chi connectivity index (χ1) is 12.0. The zero-order chi connectivity index (χ0) is 18.0. The molecule has 0 aromatic heterocycles. The van der Waals surface area contributed by atoms with Gasteiger partial charge in [0, 0.05) is 31.9 Å². The first-order valence-electron chi connectivity index (χ1n) is 8.30. The number of morpholine rings is 1. The smallest absolute Gasteiger partial charge is 0.239 e. The second-order valence-corrected chi connectivity index (χ2v) is 7.24. The van der Waals surface area contributed by atoms with Gasteiger partial charge in [-0.25, -0.2) is 0 Å². The molecule has 0 radical (unpaired) electrons. The van der Waals surface area contributed by atoms with Crippen molar-refractivity contribution in [1.82, 2.24) is 10.2 Å². The van der Waals surface area contributed by atoms with Crippen LogP contribution < -0.4 is 10.2 Å². The van der Waals surface area contributed by atoms with Gasteiger partial charge < -0.3 is 19.9 Å². The molecule has 2 heterocycles. The van der Waals surface area contributed by atoms with Crippen LogP contribution in [0.4, 0.5) is 5.69 Å². The molecule has 2 atom stereocenters. The Morgan fingerprint density at radius 1 is 1.32 bits per heavy atom. The van der Waals surface area contributed by atoms with Crippen molar-refractivity contribution in [3.8, 4) is 0 Å². The molecule has 3 rings (SSSR count). The molecule has 0 aliphatic carbocycles. The molecule has 2 fully saturated rings. The minimum absolute atomic E-state index is 0.0367. The number of carbonyl (C=O) groups is 2. The van der Waals surface area contributed by atoms with E-state index >= 15 is 0 Å². The zero-order valence-corrected chi connectivity index (χ0v) is 15.5. The van der Waals surface area contributed by atoms with E-state index in [0.717, 1.165) is 13.1 Å². The van der Waals surface area contributed by atoms with E-state index in [9.17, 15) is 9.59 Å². The number of nitrogens with one attached hydrogen (secondary N) is 1. The van der Waals surface area contributed by atoms with Crippen molar-refractivity contribution in [1.29, 1.82) is 0 Å². The molecule has 1 aromatic carbocycles. The van der Waals surface area contributed by atoms with Gasteiger partial charge in [0.25, 0.3) is 0 Å². The molecular weight excluding hydrogens is 365 g/mol. The maximum absolute atomic E-state index is 12.6. The lowest BCUT2D eigenvalue weighted by molar-refractivity contribution is -0.132. The van der Waals surface area contributed by atoms with E-state index in [2.05, 4.69) is 10.2 Å². The summed E-state index contributed by atoms with van der Waals surface area (Å²) >= 11 is 11.9. The number of amides is 2. The Balaban J connectivity index is 1.57. The Bertz CT molecular complexity index is 671. The number of halogens is 2. The quantitative estimate of drug-likeness (QED) is 0.802. The Hall–Kier alpha value is -1.34. The molecule has 2 saturated heterocycles. The maximum atomic E-state index is 12.6. The normalized spacial score (nSPS) is 24.6. The van der Waals surface area contributed by atoms with E-state index in [-0.39, 0.29) is 17.9 Å². The van der Waals surface area contributed by atoms with Crippen LogP contribution in [0.5, 0.6) is 0 Å². The summed E-state index contributed by atoms with van der Waals surface area (Å²) in [5.41, 5.74) is 0.659. The van der Waals surface area contributed by atoms with Gasteiger partial charge in [0.2, 0.25) is 11.8 Å². The van der Waals surface area contributed by atoms with Gasteiger partial charge in [0.15, 0.2) is 0 Å². The lowest BCUT2D eigenvalue weighted by Gasteiger charge is -2.30. The fraction of sp³-hybridized carbons (Fsp3) is 0.529. The molecule has 1 N–H and O–H groups in total. The summed E-state index contributed by atoms with van der Waals surface area (Å²) in [6.07, 6.45) is 0.446. The Morgan fingerprint density at radius 3 is 2.84 bits per heavy atom. The van der Waals surface area contributed by atoms with Crippen LogP contribution in [0.25, 0.3) is 0 Å². The van der Waals surface area contributed by atoms with E-state index in [0.29, 0.717) is 41.8 Å². The van der Waals surface area contributed by atoms with E-state index in [1.54, 1.807) is 23.1 Å². The molecule has 0 bridgehead atoms. The van der Waals surface area contributed by atoms with E-state index in [1.807, 2.05) is 7.05 Å². The first-order valence-corrected chi connectivity index (χ1v) is 9.05. The van der Waals surface area contributed by atoms with Gasteiger partial charge in [-0.3, -0.25) is 9.59 Å². The predicted octanol–water partition coefficient (Wildman–Crippen LogP) is 1.79. The standard InChI is InChI=1S/C17H21Cl2N3O3/c1-21-6-7-25-12(10-21)9-20-16(23)13-4-5-22(17(13)24)11-2-3-14(18)15(19)8-11/h2-3,8,12-13H,4-7,9-10H2,1H3,(H,20,23). The number of ether oxygens (including phenoxy) is 1. The van der Waals surface area contributed by atoms with Crippen molar-refractivity contribution in [2.24, 2.45) is 5.92 Å². The molecule has 2 aliphatic heterocycles. The average Bonchev–Trinajstić information content (AvgIpc) is 2.97. The lowest BCUT2D eigenvalue weighted by Crippen LogP contribution is -2.47. The summed E-state index contributed by atoms with van der Waals surface area (Å²) in [7, 11) is 2.02. The van der Waals surface area contributed by atoms with Gasteiger partial charge in [0.1, 0.15) is 5.92 Å². The molecule has 2 aliphatic rings. The highest BCUT2D eigenvalue weighted by Gasteiger charge is 2.38. The molecule has 2 unspecified atom stereocenters. The van der Waals surface area contributed by atoms with Crippen LogP contribution in [0.2, 0.25) is 10.0 Å². The second-order valence-electron chi connectivity index (χ2n) is 6.43. The molecule has 0 saturated carbocycles. The highest BCUT2D eigenvalue weighted by Crippen LogP contribution is 2.31. The lowest BCUT2D eigenvalue weighted by atomic mass is 10.1. The summed E-state index contributed by atoms with van der Waals surface area (Å²) in [5, 5.41) is 3.67. The summed E-state index contributed by atoms with van der Waals surface area (Å²) < 4.78 is 5.62. The maximum Gasteiger partial charge on any atom is 0.239 e. The minimum Gasteiger partial charge on any atom is -0.374 e. The third-order valence-electron chi connectivity index (χ3n) is 4.58. The van der Waals surface area contributed by atoms with Crippen LogP contribution in [0.1, 0.15) is 6.42 Å². The Labute approximate surface area is 157 Å². The van der Waals surface area contributed by atoms with Crippen LogP contribution in [-0.2, 0) is 14.3 Å². The second kappa shape index (κ2) is 7.91. The van der Waals surface area contributed by atoms with E-state index < -0.39 is 5.92 Å². The number of benzene rings is 1. The largest absolute Gasteiger partial charge is 0.374 e. The molecule has 1 aromatic rings. The van der Waals surface area contributed by atoms with Crippen LogP contribution >= 0.6 is 23.2 Å². The van der Waals surface area contributed by atoms with Crippen LogP contribution in [0, 0.1) is 5.92 Å². The Kier molecular flexibility index (Phi) is 5.84. The van der Waals surface area contributed by atoms with Gasteiger partial charge in [-0.1, -0.05) is 23.2 Å². The van der Waals surface area contributed by atoms with Gasteiger partial charge in [-0.05, 0) is 31.7 Å². The van der Waals surface area contributed by atoms with Gasteiger partial charge >= 0.3 is 0 Å². The third kappa shape index (κ3) is 4.26. The highest BCUT2D eigenvalue weighted by molar-refractivity contribution is 6.42. The monoisotopic (exact) mass is 385 g/mol. The predicted molar refractivity (Wildman–Crippen MR) is 97.2 cm³/mol. The molecule has 2 amide bonds. The summed E-state index contributed by atoms with van der Waals surface area (Å²) in [6, 6.07) is 5.03. The van der Waals surface area contributed by atoms with Crippen molar-refractivity contribution in [3.63, 3.8) is 0 Å². The van der Waals surface area contributed by atoms with Crippen LogP contribution in [-0.4, -0.2) is 62.7 Å². The van der Waals surface area contributed by atoms with Crippen LogP contribution in [0.3, 0.4) is 0 Å². The number of hydrogen-bond acceptors (Lipinski definition) is 4. The fourth-order valence-corrected chi connectivity index (χ4v) is 3.45. The summed E-state index contributed by atoms with van der Waals surface area (Å²) in [6.45, 7) is 3.22. The highest BCUT2D eigenvalue weighted by atomic mass is 35.5. The number of hydrogen-bond donors (Lipinski definition) is 1. The zero-order valence-electron chi connectivity index (χ0n) is 14.0. The van der Waals surface area contributed by atoms with Gasteiger partial charge in [-0.15, -0.1) is 0 Å². The van der Waals surface area contributed by atoms with E-state index in [1.165, 1.54) is 0 Å².